The Morgan fingerprint density at radius 1 is 1.73 bits per heavy atom. The van der Waals surface area contributed by atoms with E-state index in [2.05, 4.69) is 10.2 Å². The Kier molecular flexibility index (Phi) is 3.01. The lowest BCUT2D eigenvalue weighted by Gasteiger charge is -2.21. The summed E-state index contributed by atoms with van der Waals surface area (Å²) in [7, 11) is 0. The summed E-state index contributed by atoms with van der Waals surface area (Å²) in [5.74, 6) is 0.0288. The lowest BCUT2D eigenvalue weighted by molar-refractivity contribution is 0.0563. The molecule has 0 spiro atoms. The first-order chi connectivity index (χ1) is 7.27. The number of rotatable bonds is 1. The van der Waals surface area contributed by atoms with E-state index in [1.807, 2.05) is 11.8 Å². The summed E-state index contributed by atoms with van der Waals surface area (Å²) in [6.07, 6.45) is 4.19. The number of hydrogen-bond donors (Lipinski definition) is 1. The summed E-state index contributed by atoms with van der Waals surface area (Å²) in [4.78, 5) is 13.8. The van der Waals surface area contributed by atoms with E-state index in [1.54, 1.807) is 12.4 Å². The minimum absolute atomic E-state index is 0.0288. The fourth-order valence-electron chi connectivity index (χ4n) is 1.73. The highest BCUT2D eigenvalue weighted by Crippen LogP contribution is 2.09. The van der Waals surface area contributed by atoms with Gasteiger partial charge in [0.15, 0.2) is 0 Å². The first-order valence-corrected chi connectivity index (χ1v) is 5.17. The standard InChI is InChI=1S/C10H15N3O2/c1-8-7-13(3-2-4-15-8)10(14)9-5-11-12-6-9/h5-6,8H,2-4,7H2,1H3,(H,11,12). The Hall–Kier alpha value is -1.36. The molecule has 1 aliphatic rings. The number of aromatic amines is 1. The van der Waals surface area contributed by atoms with E-state index in [0.29, 0.717) is 12.1 Å². The van der Waals surface area contributed by atoms with Crippen LogP contribution in [0.25, 0.3) is 0 Å². The van der Waals surface area contributed by atoms with Gasteiger partial charge >= 0.3 is 0 Å². The number of amides is 1. The van der Waals surface area contributed by atoms with Crippen LogP contribution in [0.15, 0.2) is 12.4 Å². The van der Waals surface area contributed by atoms with Gasteiger partial charge in [0.05, 0.1) is 17.9 Å². The number of aromatic nitrogens is 2. The molecule has 0 bridgehead atoms. The Bertz CT molecular complexity index is 323. The van der Waals surface area contributed by atoms with Gasteiger partial charge in [-0.1, -0.05) is 0 Å². The van der Waals surface area contributed by atoms with Crippen molar-refractivity contribution in [1.29, 1.82) is 0 Å². The van der Waals surface area contributed by atoms with Crippen molar-refractivity contribution in [2.45, 2.75) is 19.4 Å². The van der Waals surface area contributed by atoms with Crippen LogP contribution in [0.2, 0.25) is 0 Å². The topological polar surface area (TPSA) is 58.2 Å². The highest BCUT2D eigenvalue weighted by atomic mass is 16.5. The predicted molar refractivity (Wildman–Crippen MR) is 54.5 cm³/mol. The van der Waals surface area contributed by atoms with Crippen molar-refractivity contribution < 1.29 is 9.53 Å². The van der Waals surface area contributed by atoms with Crippen molar-refractivity contribution in [2.75, 3.05) is 19.7 Å². The quantitative estimate of drug-likeness (QED) is 0.739. The smallest absolute Gasteiger partial charge is 0.257 e. The maximum Gasteiger partial charge on any atom is 0.257 e. The molecule has 0 radical (unpaired) electrons. The summed E-state index contributed by atoms with van der Waals surface area (Å²) < 4.78 is 5.48. The van der Waals surface area contributed by atoms with Crippen molar-refractivity contribution in [3.63, 3.8) is 0 Å². The van der Waals surface area contributed by atoms with Gasteiger partial charge in [-0.2, -0.15) is 5.10 Å². The van der Waals surface area contributed by atoms with Gasteiger partial charge in [0.2, 0.25) is 0 Å². The van der Waals surface area contributed by atoms with Gasteiger partial charge in [-0.15, -0.1) is 0 Å². The molecule has 1 unspecified atom stereocenters. The third-order valence-corrected chi connectivity index (χ3v) is 2.48. The van der Waals surface area contributed by atoms with Crippen LogP contribution < -0.4 is 0 Å². The summed E-state index contributed by atoms with van der Waals surface area (Å²) in [6.45, 7) is 4.13. The van der Waals surface area contributed by atoms with Crippen LogP contribution in [0.1, 0.15) is 23.7 Å². The molecular weight excluding hydrogens is 194 g/mol. The van der Waals surface area contributed by atoms with Crippen molar-refractivity contribution in [2.24, 2.45) is 0 Å². The number of hydrogen-bond acceptors (Lipinski definition) is 3. The Morgan fingerprint density at radius 2 is 2.60 bits per heavy atom. The second-order valence-electron chi connectivity index (χ2n) is 3.77. The van der Waals surface area contributed by atoms with Gasteiger partial charge in [0.1, 0.15) is 0 Å². The third-order valence-electron chi connectivity index (χ3n) is 2.48. The molecule has 5 nitrogen and oxygen atoms in total. The zero-order chi connectivity index (χ0) is 10.7. The minimum atomic E-state index is 0.0288. The highest BCUT2D eigenvalue weighted by molar-refractivity contribution is 5.93. The molecule has 0 aromatic carbocycles. The average molecular weight is 209 g/mol. The molecule has 2 rings (SSSR count). The molecule has 1 N–H and O–H groups in total. The maximum absolute atomic E-state index is 12.0. The summed E-state index contributed by atoms with van der Waals surface area (Å²) in [6, 6.07) is 0. The second-order valence-corrected chi connectivity index (χ2v) is 3.77. The fraction of sp³-hybridized carbons (Fsp3) is 0.600. The van der Waals surface area contributed by atoms with Crippen LogP contribution in [0, 0.1) is 0 Å². The predicted octanol–water partition coefficient (Wildman–Crippen LogP) is 0.661. The Balaban J connectivity index is 2.06. The number of H-pyrrole nitrogens is 1. The Labute approximate surface area is 88.4 Å². The maximum atomic E-state index is 12.0. The van der Waals surface area contributed by atoms with E-state index in [0.717, 1.165) is 19.6 Å². The van der Waals surface area contributed by atoms with Crippen molar-refractivity contribution in [3.05, 3.63) is 18.0 Å². The van der Waals surface area contributed by atoms with Gasteiger partial charge in [-0.3, -0.25) is 9.89 Å². The van der Waals surface area contributed by atoms with Crippen LogP contribution in [-0.4, -0.2) is 46.8 Å². The number of nitrogens with zero attached hydrogens (tertiary/aromatic N) is 2. The number of nitrogens with one attached hydrogen (secondary N) is 1. The van der Waals surface area contributed by atoms with E-state index in [9.17, 15) is 4.79 Å². The SMILES string of the molecule is CC1CN(C(=O)c2cn[nH]c2)CCCO1. The van der Waals surface area contributed by atoms with E-state index >= 15 is 0 Å². The van der Waals surface area contributed by atoms with Crippen LogP contribution in [0.3, 0.4) is 0 Å². The molecular formula is C10H15N3O2. The van der Waals surface area contributed by atoms with Gasteiger partial charge < -0.3 is 9.64 Å². The molecule has 1 amide bonds. The van der Waals surface area contributed by atoms with E-state index in [4.69, 9.17) is 4.74 Å². The van der Waals surface area contributed by atoms with Crippen LogP contribution in [0.4, 0.5) is 0 Å². The molecule has 0 saturated carbocycles. The van der Waals surface area contributed by atoms with E-state index in [-0.39, 0.29) is 12.0 Å². The molecule has 1 atom stereocenters. The first kappa shape index (κ1) is 10.2. The number of carbonyl (C=O) groups excluding carboxylic acids is 1. The van der Waals surface area contributed by atoms with E-state index < -0.39 is 0 Å². The molecule has 1 aromatic rings. The van der Waals surface area contributed by atoms with Gasteiger partial charge in [0.25, 0.3) is 5.91 Å². The number of ether oxygens (including phenoxy) is 1. The van der Waals surface area contributed by atoms with Gasteiger partial charge in [0, 0.05) is 25.9 Å². The molecule has 15 heavy (non-hydrogen) atoms. The van der Waals surface area contributed by atoms with Crippen molar-refractivity contribution >= 4 is 5.91 Å². The normalized spacial score (nSPS) is 22.5. The fourth-order valence-corrected chi connectivity index (χ4v) is 1.73. The summed E-state index contributed by atoms with van der Waals surface area (Å²) >= 11 is 0. The summed E-state index contributed by atoms with van der Waals surface area (Å²) in [5.41, 5.74) is 0.615. The van der Waals surface area contributed by atoms with Crippen molar-refractivity contribution in [1.82, 2.24) is 15.1 Å². The molecule has 5 heteroatoms. The van der Waals surface area contributed by atoms with E-state index in [1.165, 1.54) is 0 Å². The largest absolute Gasteiger partial charge is 0.377 e. The zero-order valence-corrected chi connectivity index (χ0v) is 8.77. The molecule has 1 fully saturated rings. The minimum Gasteiger partial charge on any atom is -0.377 e. The lowest BCUT2D eigenvalue weighted by atomic mass is 10.2. The van der Waals surface area contributed by atoms with Gasteiger partial charge in [-0.05, 0) is 13.3 Å². The molecule has 82 valence electrons. The zero-order valence-electron chi connectivity index (χ0n) is 8.77. The number of carbonyl (C=O) groups is 1. The van der Waals surface area contributed by atoms with Crippen LogP contribution in [-0.2, 0) is 4.74 Å². The lowest BCUT2D eigenvalue weighted by Crippen LogP contribution is -2.35. The first-order valence-electron chi connectivity index (χ1n) is 5.17. The third kappa shape index (κ3) is 2.36. The van der Waals surface area contributed by atoms with Crippen LogP contribution >= 0.6 is 0 Å². The molecule has 0 aliphatic carbocycles. The molecule has 2 heterocycles. The highest BCUT2D eigenvalue weighted by Gasteiger charge is 2.21. The van der Waals surface area contributed by atoms with Crippen LogP contribution in [0.5, 0.6) is 0 Å². The van der Waals surface area contributed by atoms with Gasteiger partial charge in [-0.25, -0.2) is 0 Å². The summed E-state index contributed by atoms with van der Waals surface area (Å²) in [5, 5.41) is 6.42. The Morgan fingerprint density at radius 3 is 3.33 bits per heavy atom. The molecule has 1 aromatic heterocycles. The average Bonchev–Trinajstić information content (AvgIpc) is 2.67. The van der Waals surface area contributed by atoms with Crippen molar-refractivity contribution in [3.8, 4) is 0 Å². The molecule has 1 saturated heterocycles. The monoisotopic (exact) mass is 209 g/mol. The second kappa shape index (κ2) is 4.44. The molecule has 1 aliphatic heterocycles.